The second-order valence-corrected chi connectivity index (χ2v) is 9.10. The first-order valence-electron chi connectivity index (χ1n) is 11.6. The van der Waals surface area contributed by atoms with Crippen LogP contribution in [0.5, 0.6) is 11.6 Å². The maximum atomic E-state index is 13.0. The molecule has 3 aliphatic rings. The molecule has 2 fully saturated rings. The quantitative estimate of drug-likeness (QED) is 0.606. The minimum Gasteiger partial charge on any atom is -0.481 e. The van der Waals surface area contributed by atoms with Crippen molar-refractivity contribution in [2.45, 2.75) is 44.2 Å². The molecule has 0 radical (unpaired) electrons. The van der Waals surface area contributed by atoms with Crippen molar-refractivity contribution in [3.05, 3.63) is 47.7 Å². The van der Waals surface area contributed by atoms with Crippen LogP contribution in [0, 0.1) is 5.92 Å². The molecule has 2 aromatic rings. The number of fused-ring (bicyclic) bond motifs is 1. The predicted octanol–water partition coefficient (Wildman–Crippen LogP) is 3.05. The molecular formula is C25H27N3O6. The number of benzene rings is 1. The Hall–Kier alpha value is -3.62. The number of nitrogens with zero attached hydrogens (tertiary/aromatic N) is 3. The van der Waals surface area contributed by atoms with Crippen LogP contribution < -0.4 is 14.4 Å². The minimum absolute atomic E-state index is 0.161. The molecule has 2 amide bonds. The molecule has 1 saturated carbocycles. The summed E-state index contributed by atoms with van der Waals surface area (Å²) < 4.78 is 11.5. The van der Waals surface area contributed by atoms with Crippen molar-refractivity contribution in [3.8, 4) is 11.6 Å². The summed E-state index contributed by atoms with van der Waals surface area (Å²) in [6, 6.07) is 8.17. The van der Waals surface area contributed by atoms with E-state index in [0.29, 0.717) is 48.0 Å². The van der Waals surface area contributed by atoms with Crippen LogP contribution in [0.3, 0.4) is 0 Å². The van der Waals surface area contributed by atoms with Gasteiger partial charge in [-0.2, -0.15) is 0 Å². The third-order valence-corrected chi connectivity index (χ3v) is 6.71. The lowest BCUT2D eigenvalue weighted by atomic mass is 10.0. The van der Waals surface area contributed by atoms with E-state index < -0.39 is 18.1 Å². The fourth-order valence-corrected chi connectivity index (χ4v) is 4.58. The van der Waals surface area contributed by atoms with E-state index in [1.54, 1.807) is 48.5 Å². The molecule has 1 aromatic heterocycles. The number of carbonyl (C=O) groups excluding carboxylic acids is 2. The summed E-state index contributed by atoms with van der Waals surface area (Å²) >= 11 is 0. The first kappa shape index (κ1) is 22.2. The van der Waals surface area contributed by atoms with Gasteiger partial charge in [-0.1, -0.05) is 18.9 Å². The minimum atomic E-state index is -0.969. The van der Waals surface area contributed by atoms with Gasteiger partial charge in [0.15, 0.2) is 6.10 Å². The van der Waals surface area contributed by atoms with Crippen molar-refractivity contribution in [3.63, 3.8) is 0 Å². The molecule has 1 unspecified atom stereocenters. The summed E-state index contributed by atoms with van der Waals surface area (Å²) in [7, 11) is 1.60. The molecule has 1 N–H and O–H groups in total. The van der Waals surface area contributed by atoms with Gasteiger partial charge in [0.25, 0.3) is 11.8 Å². The van der Waals surface area contributed by atoms with Crippen LogP contribution in [0.1, 0.15) is 54.1 Å². The van der Waals surface area contributed by atoms with Crippen LogP contribution >= 0.6 is 0 Å². The number of hydrogen-bond acceptors (Lipinski definition) is 6. The Kier molecular flexibility index (Phi) is 5.85. The average molecular weight is 466 g/mol. The highest BCUT2D eigenvalue weighted by Crippen LogP contribution is 2.37. The Morgan fingerprint density at radius 1 is 1.18 bits per heavy atom. The third kappa shape index (κ3) is 4.42. The van der Waals surface area contributed by atoms with Gasteiger partial charge >= 0.3 is 5.97 Å². The van der Waals surface area contributed by atoms with Gasteiger partial charge in [0.05, 0.1) is 25.3 Å². The van der Waals surface area contributed by atoms with Gasteiger partial charge in [0.2, 0.25) is 5.88 Å². The maximum absolute atomic E-state index is 13.0. The number of hydrogen-bond donors (Lipinski definition) is 1. The van der Waals surface area contributed by atoms with Crippen molar-refractivity contribution in [1.82, 2.24) is 9.88 Å². The van der Waals surface area contributed by atoms with Crippen molar-refractivity contribution in [2.24, 2.45) is 5.92 Å². The Morgan fingerprint density at radius 2 is 2.00 bits per heavy atom. The van der Waals surface area contributed by atoms with Crippen molar-refractivity contribution in [2.75, 3.05) is 25.1 Å². The van der Waals surface area contributed by atoms with Gasteiger partial charge in [-0.15, -0.1) is 0 Å². The molecule has 5 rings (SSSR count). The standard InChI is InChI=1S/C25H27N3O6/c1-27-20(13-23(29)30)18-6-4-16(12-19(18)24(27)31)28-10-8-21(25(28)32)34-17-5-7-22(26-14-17)33-11-9-15-2-3-15/h4-7,12,14-15,20-21H,2-3,8-11,13H2,1H3,(H,29,30)/t20?,21-/m1/s1. The molecule has 9 nitrogen and oxygen atoms in total. The zero-order valence-electron chi connectivity index (χ0n) is 19.0. The lowest BCUT2D eigenvalue weighted by Gasteiger charge is -2.19. The fraction of sp³-hybridized carbons (Fsp3) is 0.440. The summed E-state index contributed by atoms with van der Waals surface area (Å²) in [5.41, 5.74) is 1.71. The molecule has 2 atom stereocenters. The molecule has 1 aromatic carbocycles. The molecule has 1 aliphatic carbocycles. The highest BCUT2D eigenvalue weighted by molar-refractivity contribution is 6.03. The number of aliphatic carboxylic acids is 1. The Morgan fingerprint density at radius 3 is 2.71 bits per heavy atom. The van der Waals surface area contributed by atoms with Crippen LogP contribution in [0.25, 0.3) is 0 Å². The smallest absolute Gasteiger partial charge is 0.305 e. The topological polar surface area (TPSA) is 109 Å². The van der Waals surface area contributed by atoms with Crippen molar-refractivity contribution < 1.29 is 29.0 Å². The van der Waals surface area contributed by atoms with E-state index in [2.05, 4.69) is 4.98 Å². The van der Waals surface area contributed by atoms with Gasteiger partial charge in [-0.05, 0) is 36.1 Å². The zero-order valence-corrected chi connectivity index (χ0v) is 19.0. The number of ether oxygens (including phenoxy) is 2. The van der Waals surface area contributed by atoms with Gasteiger partial charge < -0.3 is 24.4 Å². The summed E-state index contributed by atoms with van der Waals surface area (Å²) in [6.45, 7) is 1.12. The van der Waals surface area contributed by atoms with Gasteiger partial charge in [0, 0.05) is 37.3 Å². The molecular weight excluding hydrogens is 438 g/mol. The van der Waals surface area contributed by atoms with Crippen LogP contribution in [-0.4, -0.2) is 59.1 Å². The molecule has 0 bridgehead atoms. The molecule has 0 spiro atoms. The number of rotatable bonds is 9. The SMILES string of the molecule is CN1C(=O)c2cc(N3CC[C@@H](Oc4ccc(OCCC5CC5)nc4)C3=O)ccc2C1CC(=O)O. The van der Waals surface area contributed by atoms with Gasteiger partial charge in [-0.25, -0.2) is 4.98 Å². The lowest BCUT2D eigenvalue weighted by molar-refractivity contribution is -0.138. The van der Waals surface area contributed by atoms with Crippen LogP contribution in [0.2, 0.25) is 0 Å². The van der Waals surface area contributed by atoms with Gasteiger partial charge in [0.1, 0.15) is 5.75 Å². The molecule has 1 saturated heterocycles. The summed E-state index contributed by atoms with van der Waals surface area (Å²) in [6.07, 6.45) is 4.90. The highest BCUT2D eigenvalue weighted by Gasteiger charge is 2.38. The number of anilines is 1. The monoisotopic (exact) mass is 465 g/mol. The molecule has 9 heteroatoms. The number of carboxylic acid groups (broad SMARTS) is 1. The van der Waals surface area contributed by atoms with Crippen LogP contribution in [0.15, 0.2) is 36.5 Å². The summed E-state index contributed by atoms with van der Waals surface area (Å²) in [5.74, 6) is 0.440. The summed E-state index contributed by atoms with van der Waals surface area (Å²) in [4.78, 5) is 44.2. The average Bonchev–Trinajstić information content (AvgIpc) is 3.54. The highest BCUT2D eigenvalue weighted by atomic mass is 16.5. The first-order valence-corrected chi connectivity index (χ1v) is 11.6. The number of pyridine rings is 1. The largest absolute Gasteiger partial charge is 0.481 e. The van der Waals surface area contributed by atoms with Crippen molar-refractivity contribution >= 4 is 23.5 Å². The Bertz CT molecular complexity index is 1110. The third-order valence-electron chi connectivity index (χ3n) is 6.71. The second kappa shape index (κ2) is 8.96. The van der Waals surface area contributed by atoms with E-state index in [1.165, 1.54) is 17.7 Å². The molecule has 178 valence electrons. The number of amides is 2. The fourth-order valence-electron chi connectivity index (χ4n) is 4.58. The predicted molar refractivity (Wildman–Crippen MR) is 122 cm³/mol. The Labute approximate surface area is 197 Å². The van der Waals surface area contributed by atoms with E-state index in [0.717, 1.165) is 12.3 Å². The number of carbonyl (C=O) groups is 3. The Balaban J connectivity index is 1.23. The number of carboxylic acids is 1. The molecule has 2 aliphatic heterocycles. The van der Waals surface area contributed by atoms with Crippen LogP contribution in [-0.2, 0) is 9.59 Å². The lowest BCUT2D eigenvalue weighted by Crippen LogP contribution is -2.32. The normalized spacial score (nSPS) is 21.7. The van der Waals surface area contributed by atoms with E-state index >= 15 is 0 Å². The number of aromatic nitrogens is 1. The van der Waals surface area contributed by atoms with E-state index in [4.69, 9.17) is 9.47 Å². The van der Waals surface area contributed by atoms with E-state index in [9.17, 15) is 19.5 Å². The van der Waals surface area contributed by atoms with Crippen molar-refractivity contribution in [1.29, 1.82) is 0 Å². The van der Waals surface area contributed by atoms with Crippen LogP contribution in [0.4, 0.5) is 5.69 Å². The first-order chi connectivity index (χ1) is 16.4. The maximum Gasteiger partial charge on any atom is 0.305 e. The zero-order chi connectivity index (χ0) is 23.8. The second-order valence-electron chi connectivity index (χ2n) is 9.10. The van der Waals surface area contributed by atoms with E-state index in [-0.39, 0.29) is 18.2 Å². The molecule has 3 heterocycles. The van der Waals surface area contributed by atoms with Gasteiger partial charge in [-0.3, -0.25) is 14.4 Å². The summed E-state index contributed by atoms with van der Waals surface area (Å²) in [5, 5.41) is 9.17. The van der Waals surface area contributed by atoms with E-state index in [1.807, 2.05) is 0 Å². The molecule has 34 heavy (non-hydrogen) atoms.